The van der Waals surface area contributed by atoms with E-state index in [1.807, 2.05) is 61.5 Å². The lowest BCUT2D eigenvalue weighted by Crippen LogP contribution is -2.46. The van der Waals surface area contributed by atoms with Crippen LogP contribution in [0.3, 0.4) is 0 Å². The van der Waals surface area contributed by atoms with Crippen molar-refractivity contribution in [2.24, 2.45) is 4.99 Å². The molecule has 0 radical (unpaired) electrons. The Labute approximate surface area is 237 Å². The topological polar surface area (TPSA) is 105 Å². The van der Waals surface area contributed by atoms with Crippen molar-refractivity contribution in [2.75, 3.05) is 12.0 Å². The second-order valence-electron chi connectivity index (χ2n) is 9.42. The van der Waals surface area contributed by atoms with Gasteiger partial charge < -0.3 is 15.2 Å². The summed E-state index contributed by atoms with van der Waals surface area (Å²) in [6, 6.07) is 26.8. The monoisotopic (exact) mass is 556 g/mol. The molecule has 1 heterocycles. The molecule has 1 amide bonds. The molecule has 1 aliphatic rings. The van der Waals surface area contributed by atoms with Crippen molar-refractivity contribution in [3.8, 4) is 11.1 Å². The fourth-order valence-electron chi connectivity index (χ4n) is 4.96. The number of aromatic nitrogens is 1. The first-order valence-electron chi connectivity index (χ1n) is 13.0. The van der Waals surface area contributed by atoms with E-state index < -0.39 is 18.1 Å². The van der Waals surface area contributed by atoms with Crippen molar-refractivity contribution in [3.63, 3.8) is 0 Å². The molecule has 0 fully saturated rings. The molecule has 8 nitrogen and oxygen atoms in total. The van der Waals surface area contributed by atoms with Gasteiger partial charge in [0.1, 0.15) is 12.4 Å². The molecule has 0 spiro atoms. The van der Waals surface area contributed by atoms with Crippen LogP contribution in [0, 0.1) is 0 Å². The van der Waals surface area contributed by atoms with Gasteiger partial charge in [0.15, 0.2) is 5.69 Å². The lowest BCUT2D eigenvalue weighted by Gasteiger charge is -2.22. The number of amides is 1. The van der Waals surface area contributed by atoms with Crippen molar-refractivity contribution < 1.29 is 19.4 Å². The molecular weight excluding hydrogens is 528 g/mol. The molecule has 1 aliphatic carbocycles. The summed E-state index contributed by atoms with van der Waals surface area (Å²) < 4.78 is 7.03. The quantitative estimate of drug-likeness (QED) is 0.166. The third-order valence-corrected chi connectivity index (χ3v) is 7.23. The van der Waals surface area contributed by atoms with E-state index in [1.165, 1.54) is 16.9 Å². The Morgan fingerprint density at radius 1 is 0.975 bits per heavy atom. The summed E-state index contributed by atoms with van der Waals surface area (Å²) in [6.45, 7) is 2.40. The normalized spacial score (nSPS) is 13.3. The van der Waals surface area contributed by atoms with Gasteiger partial charge in [0.25, 0.3) is 0 Å². The summed E-state index contributed by atoms with van der Waals surface area (Å²) in [5.41, 5.74) is 8.41. The van der Waals surface area contributed by atoms with Gasteiger partial charge in [-0.3, -0.25) is 15.1 Å². The number of carbonyl (C=O) groups is 2. The molecule has 1 atom stereocenters. The van der Waals surface area contributed by atoms with Crippen LogP contribution in [0.4, 0.5) is 4.79 Å². The summed E-state index contributed by atoms with van der Waals surface area (Å²) in [4.78, 5) is 29.6. The largest absolute Gasteiger partial charge is 0.476 e. The summed E-state index contributed by atoms with van der Waals surface area (Å²) >= 11 is 6.10. The zero-order valence-electron chi connectivity index (χ0n) is 21.9. The van der Waals surface area contributed by atoms with E-state index in [0.29, 0.717) is 18.8 Å². The number of nitrogens with zero attached hydrogens (tertiary/aromatic N) is 2. The predicted octanol–water partition coefficient (Wildman–Crippen LogP) is 6.30. The molecule has 5 rings (SSSR count). The molecule has 204 valence electrons. The average Bonchev–Trinajstić information content (AvgIpc) is 3.50. The smallest absolute Gasteiger partial charge is 0.407 e. The number of aliphatic imine (C=N–C) groups is 1. The van der Waals surface area contributed by atoms with Crippen LogP contribution in [-0.4, -0.2) is 40.3 Å². The molecule has 0 saturated carbocycles. The molecule has 0 aliphatic heterocycles. The highest BCUT2D eigenvalue weighted by Crippen LogP contribution is 2.44. The van der Waals surface area contributed by atoms with Gasteiger partial charge >= 0.3 is 12.1 Å². The van der Waals surface area contributed by atoms with Crippen molar-refractivity contribution in [1.29, 1.82) is 0 Å². The number of carbonyl (C=O) groups excluding carboxylic acids is 1. The molecule has 1 aromatic heterocycles. The maximum Gasteiger partial charge on any atom is 0.407 e. The number of amidine groups is 1. The molecule has 4 aromatic rings. The number of ether oxygens (including phenoxy) is 1. The lowest BCUT2D eigenvalue weighted by atomic mass is 9.98. The van der Waals surface area contributed by atoms with Crippen molar-refractivity contribution in [3.05, 3.63) is 119 Å². The van der Waals surface area contributed by atoms with Crippen LogP contribution in [-0.2, 0) is 11.3 Å². The number of hydrogen-bond acceptors (Lipinski definition) is 4. The minimum Gasteiger partial charge on any atom is -0.476 e. The van der Waals surface area contributed by atoms with Gasteiger partial charge in [-0.15, -0.1) is 0 Å². The highest BCUT2D eigenvalue weighted by atomic mass is 35.5. The van der Waals surface area contributed by atoms with E-state index >= 15 is 0 Å². The number of alkyl carbamates (subject to hydrolysis) is 1. The zero-order chi connectivity index (χ0) is 28.1. The maximum atomic E-state index is 13.1. The Morgan fingerprint density at radius 2 is 1.60 bits per heavy atom. The predicted molar refractivity (Wildman–Crippen MR) is 156 cm³/mol. The van der Waals surface area contributed by atoms with E-state index in [0.717, 1.165) is 27.8 Å². The fraction of sp³-hybridized carbons (Fsp3) is 0.194. The molecule has 0 saturated heterocycles. The average molecular weight is 557 g/mol. The molecule has 9 heteroatoms. The summed E-state index contributed by atoms with van der Waals surface area (Å²) in [6.07, 6.45) is 1.39. The van der Waals surface area contributed by atoms with Crippen molar-refractivity contribution in [1.82, 2.24) is 9.99 Å². The van der Waals surface area contributed by atoms with Gasteiger partial charge in [0.2, 0.25) is 0 Å². The summed E-state index contributed by atoms with van der Waals surface area (Å²) in [5.74, 6) is -0.889. The van der Waals surface area contributed by atoms with Crippen LogP contribution in [0.2, 0.25) is 5.02 Å². The van der Waals surface area contributed by atoms with Crippen LogP contribution in [0.25, 0.3) is 11.1 Å². The van der Waals surface area contributed by atoms with Crippen LogP contribution in [0.1, 0.15) is 46.4 Å². The van der Waals surface area contributed by atoms with Gasteiger partial charge in [0, 0.05) is 12.1 Å². The molecular formula is C31H29ClN4O4. The van der Waals surface area contributed by atoms with Gasteiger partial charge in [-0.05, 0) is 40.3 Å². The SMILES string of the molecule is CCC(NC(=O)OCC1c2ccccc2-c2ccccc21)C(=NCc1ccccc1)Nn1ccc(Cl)c1C(=O)O. The van der Waals surface area contributed by atoms with Crippen molar-refractivity contribution in [2.45, 2.75) is 31.8 Å². The standard InChI is InChI=1S/C31H29ClN4O4/c1-2-27(29(33-18-20-10-4-3-5-11-20)35-36-17-16-26(32)28(36)30(37)38)34-31(39)40-19-25-23-14-8-6-12-21(23)22-13-7-9-15-24(22)25/h3-17,25,27H,2,18-19H2,1H3,(H,33,35)(H,34,39)(H,37,38). The number of fused-ring (bicyclic) bond motifs is 3. The third kappa shape index (κ3) is 5.72. The number of rotatable bonds is 9. The van der Waals surface area contributed by atoms with Crippen LogP contribution in [0.15, 0.2) is 96.1 Å². The first-order chi connectivity index (χ1) is 19.5. The minimum absolute atomic E-state index is 0.0669. The molecule has 40 heavy (non-hydrogen) atoms. The fourth-order valence-corrected chi connectivity index (χ4v) is 5.19. The van der Waals surface area contributed by atoms with Gasteiger partial charge in [-0.25, -0.2) is 9.59 Å². The second kappa shape index (κ2) is 12.1. The Morgan fingerprint density at radius 3 is 2.23 bits per heavy atom. The number of nitrogens with one attached hydrogen (secondary N) is 2. The number of carboxylic acid groups (broad SMARTS) is 1. The molecule has 1 unspecified atom stereocenters. The molecule has 3 N–H and O–H groups in total. The third-order valence-electron chi connectivity index (χ3n) is 6.92. The van der Waals surface area contributed by atoms with E-state index in [2.05, 4.69) is 35.0 Å². The highest BCUT2D eigenvalue weighted by molar-refractivity contribution is 6.33. The number of carboxylic acids is 1. The van der Waals surface area contributed by atoms with Crippen molar-refractivity contribution >= 4 is 29.5 Å². The van der Waals surface area contributed by atoms with E-state index in [4.69, 9.17) is 21.3 Å². The van der Waals surface area contributed by atoms with E-state index in [1.54, 1.807) is 0 Å². The Bertz CT molecular complexity index is 1500. The highest BCUT2D eigenvalue weighted by Gasteiger charge is 2.29. The first-order valence-corrected chi connectivity index (χ1v) is 13.4. The summed E-state index contributed by atoms with van der Waals surface area (Å²) in [5, 5.41) is 12.6. The Kier molecular flexibility index (Phi) is 8.17. The van der Waals surface area contributed by atoms with E-state index in [9.17, 15) is 14.7 Å². The lowest BCUT2D eigenvalue weighted by molar-refractivity contribution is 0.0687. The number of benzene rings is 3. The van der Waals surface area contributed by atoms with Crippen LogP contribution >= 0.6 is 11.6 Å². The minimum atomic E-state index is -1.19. The Balaban J connectivity index is 1.33. The first kappa shape index (κ1) is 27.0. The van der Waals surface area contributed by atoms with Gasteiger partial charge in [0.05, 0.1) is 17.6 Å². The van der Waals surface area contributed by atoms with Crippen LogP contribution in [0.5, 0.6) is 0 Å². The summed E-state index contributed by atoms with van der Waals surface area (Å²) in [7, 11) is 0. The zero-order valence-corrected chi connectivity index (χ0v) is 22.6. The Hall–Kier alpha value is -4.56. The number of halogens is 1. The van der Waals surface area contributed by atoms with E-state index in [-0.39, 0.29) is 23.2 Å². The van der Waals surface area contributed by atoms with Crippen LogP contribution < -0.4 is 10.7 Å². The maximum absolute atomic E-state index is 13.1. The molecule has 0 bridgehead atoms. The van der Waals surface area contributed by atoms with Gasteiger partial charge in [-0.2, -0.15) is 0 Å². The number of aromatic carboxylic acids is 1. The number of hydrogen-bond donors (Lipinski definition) is 3. The molecule has 3 aromatic carbocycles. The van der Waals surface area contributed by atoms with Gasteiger partial charge in [-0.1, -0.05) is 97.4 Å². The second-order valence-corrected chi connectivity index (χ2v) is 9.82.